The summed E-state index contributed by atoms with van der Waals surface area (Å²) in [6, 6.07) is 20.9. The number of hydrogen-bond acceptors (Lipinski definition) is 4. The fraction of sp³-hybridized carbons (Fsp3) is 0.346. The summed E-state index contributed by atoms with van der Waals surface area (Å²) in [5, 5.41) is 6.13. The number of ether oxygens (including phenoxy) is 2. The fourth-order valence-electron chi connectivity index (χ4n) is 3.64. The summed E-state index contributed by atoms with van der Waals surface area (Å²) in [5.74, 6) is 1.14. The number of nitrogens with zero attached hydrogens (tertiary/aromatic N) is 1. The molecule has 0 saturated carbocycles. The zero-order valence-corrected chi connectivity index (χ0v) is 19.0. The van der Waals surface area contributed by atoms with Crippen LogP contribution in [-0.2, 0) is 11.3 Å². The molecule has 3 aromatic carbocycles. The molecule has 0 heterocycles. The summed E-state index contributed by atoms with van der Waals surface area (Å²) in [6.45, 7) is 7.08. The number of rotatable bonds is 9. The first-order chi connectivity index (χ1) is 14.9. The van der Waals surface area contributed by atoms with Gasteiger partial charge in [-0.15, -0.1) is 0 Å². The average Bonchev–Trinajstić information content (AvgIpc) is 2.78. The second-order valence-corrected chi connectivity index (χ2v) is 7.88. The van der Waals surface area contributed by atoms with Crippen molar-refractivity contribution in [1.82, 2.24) is 10.2 Å². The molecule has 0 bridgehead atoms. The van der Waals surface area contributed by atoms with Gasteiger partial charge in [0.15, 0.2) is 17.6 Å². The molecule has 2 atom stereocenters. The van der Waals surface area contributed by atoms with Crippen molar-refractivity contribution < 1.29 is 14.3 Å². The van der Waals surface area contributed by atoms with Crippen molar-refractivity contribution in [2.24, 2.45) is 0 Å². The van der Waals surface area contributed by atoms with Gasteiger partial charge in [-0.1, -0.05) is 48.5 Å². The smallest absolute Gasteiger partial charge is 0.262 e. The van der Waals surface area contributed by atoms with Gasteiger partial charge < -0.3 is 19.7 Å². The van der Waals surface area contributed by atoms with Crippen LogP contribution < -0.4 is 14.8 Å². The van der Waals surface area contributed by atoms with E-state index in [2.05, 4.69) is 54.7 Å². The normalized spacial score (nSPS) is 12.9. The lowest BCUT2D eigenvalue weighted by atomic mass is 9.99. The van der Waals surface area contributed by atoms with E-state index in [4.69, 9.17) is 9.47 Å². The Morgan fingerprint density at radius 3 is 2.48 bits per heavy atom. The Labute approximate surface area is 185 Å². The molecule has 164 valence electrons. The predicted molar refractivity (Wildman–Crippen MR) is 126 cm³/mol. The minimum atomic E-state index is -0.579. The molecular formula is C26H32N2O3. The van der Waals surface area contributed by atoms with E-state index < -0.39 is 6.10 Å². The summed E-state index contributed by atoms with van der Waals surface area (Å²) in [4.78, 5) is 13.7. The molecule has 0 aliphatic carbocycles. The molecule has 0 aliphatic heterocycles. The van der Waals surface area contributed by atoms with Crippen LogP contribution in [0.2, 0.25) is 0 Å². The summed E-state index contributed by atoms with van der Waals surface area (Å²) >= 11 is 0. The molecule has 1 amide bonds. The lowest BCUT2D eigenvalue weighted by Gasteiger charge is -2.21. The Bertz CT molecular complexity index is 1030. The van der Waals surface area contributed by atoms with Gasteiger partial charge in [-0.05, 0) is 54.8 Å². The van der Waals surface area contributed by atoms with Crippen LogP contribution in [0.5, 0.6) is 11.5 Å². The van der Waals surface area contributed by atoms with Gasteiger partial charge in [-0.3, -0.25) is 4.79 Å². The van der Waals surface area contributed by atoms with Crippen LogP contribution in [0.25, 0.3) is 10.8 Å². The number of likely N-dealkylation sites (N-methyl/N-ethyl adjacent to an activating group) is 1. The molecule has 0 radical (unpaired) electrons. The van der Waals surface area contributed by atoms with Gasteiger partial charge in [0, 0.05) is 26.7 Å². The van der Waals surface area contributed by atoms with Crippen LogP contribution in [0.3, 0.4) is 0 Å². The molecule has 3 rings (SSSR count). The summed E-state index contributed by atoms with van der Waals surface area (Å²) in [5.41, 5.74) is 2.37. The Balaban J connectivity index is 1.73. The largest absolute Gasteiger partial charge is 0.490 e. The Morgan fingerprint density at radius 1 is 1.00 bits per heavy atom. The minimum Gasteiger partial charge on any atom is -0.490 e. The fourth-order valence-corrected chi connectivity index (χ4v) is 3.64. The van der Waals surface area contributed by atoms with E-state index in [9.17, 15) is 4.79 Å². The molecule has 0 aromatic heterocycles. The van der Waals surface area contributed by atoms with Crippen LogP contribution in [0.4, 0.5) is 0 Å². The number of amides is 1. The van der Waals surface area contributed by atoms with Crippen molar-refractivity contribution in [3.8, 4) is 11.5 Å². The Hall–Kier alpha value is -3.05. The molecule has 31 heavy (non-hydrogen) atoms. The van der Waals surface area contributed by atoms with Crippen LogP contribution in [0.15, 0.2) is 60.7 Å². The third-order valence-electron chi connectivity index (χ3n) is 5.30. The van der Waals surface area contributed by atoms with Crippen molar-refractivity contribution >= 4 is 16.7 Å². The third kappa shape index (κ3) is 5.56. The monoisotopic (exact) mass is 420 g/mol. The van der Waals surface area contributed by atoms with Crippen molar-refractivity contribution in [2.45, 2.75) is 39.5 Å². The average molecular weight is 421 g/mol. The third-order valence-corrected chi connectivity index (χ3v) is 5.30. The van der Waals surface area contributed by atoms with Gasteiger partial charge in [-0.2, -0.15) is 0 Å². The summed E-state index contributed by atoms with van der Waals surface area (Å²) in [6.07, 6.45) is -0.579. The molecule has 3 aromatic rings. The molecule has 0 fully saturated rings. The highest BCUT2D eigenvalue weighted by Gasteiger charge is 2.19. The Morgan fingerprint density at radius 2 is 1.74 bits per heavy atom. The van der Waals surface area contributed by atoms with Crippen molar-refractivity contribution in [3.05, 3.63) is 71.8 Å². The van der Waals surface area contributed by atoms with Gasteiger partial charge in [-0.25, -0.2) is 0 Å². The van der Waals surface area contributed by atoms with Gasteiger partial charge in [0.05, 0.1) is 6.61 Å². The van der Waals surface area contributed by atoms with Crippen LogP contribution >= 0.6 is 0 Å². The van der Waals surface area contributed by atoms with E-state index in [1.54, 1.807) is 21.0 Å². The van der Waals surface area contributed by atoms with E-state index in [-0.39, 0.29) is 11.9 Å². The van der Waals surface area contributed by atoms with Crippen LogP contribution in [-0.4, -0.2) is 37.6 Å². The first-order valence-electron chi connectivity index (χ1n) is 10.7. The first-order valence-corrected chi connectivity index (χ1v) is 10.7. The van der Waals surface area contributed by atoms with Crippen LogP contribution in [0, 0.1) is 0 Å². The molecule has 5 heteroatoms. The van der Waals surface area contributed by atoms with E-state index >= 15 is 0 Å². The quantitative estimate of drug-likeness (QED) is 0.532. The predicted octanol–water partition coefficient (Wildman–Crippen LogP) is 4.94. The maximum atomic E-state index is 12.1. The first kappa shape index (κ1) is 22.6. The maximum Gasteiger partial charge on any atom is 0.262 e. The van der Waals surface area contributed by atoms with E-state index in [0.717, 1.165) is 5.56 Å². The molecule has 0 saturated heterocycles. The standard InChI is InChI=1S/C26H32N2O3/c1-6-30-25-16-20(14-15-24(25)31-19(3)26(29)28(4)5)17-27-18(2)22-13-9-11-21-10-7-8-12-23(21)22/h7-16,18-19,27H,6,17H2,1-5H3. The Kier molecular flexibility index (Phi) is 7.53. The van der Waals surface area contributed by atoms with E-state index in [1.165, 1.54) is 21.2 Å². The van der Waals surface area contributed by atoms with E-state index in [0.29, 0.717) is 24.7 Å². The molecular weight excluding hydrogens is 388 g/mol. The van der Waals surface area contributed by atoms with Gasteiger partial charge in [0.1, 0.15) is 0 Å². The summed E-state index contributed by atoms with van der Waals surface area (Å²) in [7, 11) is 3.44. The number of fused-ring (bicyclic) bond motifs is 1. The molecule has 0 aliphatic rings. The molecule has 5 nitrogen and oxygen atoms in total. The second-order valence-electron chi connectivity index (χ2n) is 7.88. The molecule has 1 N–H and O–H groups in total. The van der Waals surface area contributed by atoms with Crippen LogP contribution in [0.1, 0.15) is 37.9 Å². The number of carbonyl (C=O) groups is 1. The summed E-state index contributed by atoms with van der Waals surface area (Å²) < 4.78 is 11.7. The zero-order chi connectivity index (χ0) is 22.4. The van der Waals surface area contributed by atoms with Crippen molar-refractivity contribution in [1.29, 1.82) is 0 Å². The topological polar surface area (TPSA) is 50.8 Å². The number of nitrogens with one attached hydrogen (secondary N) is 1. The van der Waals surface area contributed by atoms with Gasteiger partial charge in [0.2, 0.25) is 0 Å². The number of hydrogen-bond donors (Lipinski definition) is 1. The van der Waals surface area contributed by atoms with Gasteiger partial charge in [0.25, 0.3) is 5.91 Å². The second kappa shape index (κ2) is 10.3. The van der Waals surface area contributed by atoms with Crippen molar-refractivity contribution in [2.75, 3.05) is 20.7 Å². The molecule has 2 unspecified atom stereocenters. The SMILES string of the molecule is CCOc1cc(CNC(C)c2cccc3ccccc23)ccc1OC(C)C(=O)N(C)C. The number of carbonyl (C=O) groups excluding carboxylic acids is 1. The highest BCUT2D eigenvalue weighted by molar-refractivity contribution is 5.86. The molecule has 0 spiro atoms. The maximum absolute atomic E-state index is 12.1. The lowest BCUT2D eigenvalue weighted by Crippen LogP contribution is -2.35. The minimum absolute atomic E-state index is 0.0860. The number of benzene rings is 3. The lowest BCUT2D eigenvalue weighted by molar-refractivity contribution is -0.135. The van der Waals surface area contributed by atoms with Gasteiger partial charge >= 0.3 is 0 Å². The zero-order valence-electron chi connectivity index (χ0n) is 19.0. The highest BCUT2D eigenvalue weighted by Crippen LogP contribution is 2.30. The van der Waals surface area contributed by atoms with E-state index in [1.807, 2.05) is 25.1 Å². The highest BCUT2D eigenvalue weighted by atomic mass is 16.5. The van der Waals surface area contributed by atoms with Crippen molar-refractivity contribution in [3.63, 3.8) is 0 Å².